The summed E-state index contributed by atoms with van der Waals surface area (Å²) in [6.07, 6.45) is 1.35. The van der Waals surface area contributed by atoms with Gasteiger partial charge in [0.1, 0.15) is 18.3 Å². The number of carbonyl (C=O) groups is 2. The van der Waals surface area contributed by atoms with Gasteiger partial charge in [-0.05, 0) is 68.1 Å². The number of nitrogens with zero attached hydrogens (tertiary/aromatic N) is 2. The van der Waals surface area contributed by atoms with Crippen molar-refractivity contribution in [2.24, 2.45) is 0 Å². The molecule has 0 saturated carbocycles. The lowest BCUT2D eigenvalue weighted by Gasteiger charge is -2.34. The Kier molecular flexibility index (Phi) is 10.3. The van der Waals surface area contributed by atoms with Crippen molar-refractivity contribution in [1.29, 1.82) is 0 Å². The molecular weight excluding hydrogens is 526 g/mol. The summed E-state index contributed by atoms with van der Waals surface area (Å²) >= 11 is 0. The van der Waals surface area contributed by atoms with E-state index in [-0.39, 0.29) is 24.9 Å². The van der Waals surface area contributed by atoms with E-state index in [1.165, 1.54) is 4.90 Å². The Morgan fingerprint density at radius 2 is 1.60 bits per heavy atom. The van der Waals surface area contributed by atoms with Gasteiger partial charge in [0, 0.05) is 19.0 Å². The first-order valence-electron chi connectivity index (χ1n) is 13.2. The van der Waals surface area contributed by atoms with Crippen molar-refractivity contribution in [3.8, 4) is 5.75 Å². The van der Waals surface area contributed by atoms with Crippen molar-refractivity contribution in [2.75, 3.05) is 24.2 Å². The number of methoxy groups -OCH3 is 1. The molecule has 0 aliphatic heterocycles. The summed E-state index contributed by atoms with van der Waals surface area (Å²) in [5.74, 6) is -0.189. The monoisotopic (exact) mass is 565 g/mol. The van der Waals surface area contributed by atoms with Crippen molar-refractivity contribution in [2.45, 2.75) is 52.7 Å². The lowest BCUT2D eigenvalue weighted by atomic mass is 10.0. The number of anilines is 1. The second-order valence-corrected chi connectivity index (χ2v) is 12.2. The zero-order valence-electron chi connectivity index (χ0n) is 24.0. The highest BCUT2D eigenvalue weighted by molar-refractivity contribution is 7.92. The number of benzene rings is 3. The molecule has 9 heteroatoms. The van der Waals surface area contributed by atoms with Crippen LogP contribution in [0.15, 0.2) is 72.8 Å². The number of carbonyl (C=O) groups excluding carboxylic acids is 2. The Bertz CT molecular complexity index is 1420. The Hall–Kier alpha value is -3.85. The van der Waals surface area contributed by atoms with Crippen molar-refractivity contribution >= 4 is 27.5 Å². The Morgan fingerprint density at radius 1 is 0.925 bits per heavy atom. The van der Waals surface area contributed by atoms with E-state index < -0.39 is 28.5 Å². The first kappa shape index (κ1) is 30.7. The van der Waals surface area contributed by atoms with Gasteiger partial charge in [0.2, 0.25) is 21.8 Å². The van der Waals surface area contributed by atoms with Crippen LogP contribution in [0.1, 0.15) is 36.1 Å². The highest BCUT2D eigenvalue weighted by Gasteiger charge is 2.33. The highest BCUT2D eigenvalue weighted by atomic mass is 32.2. The fourth-order valence-corrected chi connectivity index (χ4v) is 5.38. The van der Waals surface area contributed by atoms with Gasteiger partial charge in [-0.25, -0.2) is 8.42 Å². The molecule has 40 heavy (non-hydrogen) atoms. The molecule has 0 aliphatic rings. The summed E-state index contributed by atoms with van der Waals surface area (Å²) in [7, 11) is -2.27. The van der Waals surface area contributed by atoms with Crippen molar-refractivity contribution < 1.29 is 22.7 Å². The maximum Gasteiger partial charge on any atom is 0.244 e. The molecule has 0 saturated heterocycles. The number of ether oxygens (including phenoxy) is 1. The van der Waals surface area contributed by atoms with Gasteiger partial charge in [0.25, 0.3) is 0 Å². The van der Waals surface area contributed by atoms with E-state index in [0.717, 1.165) is 32.8 Å². The molecular formula is C31H39N3O5S. The fraction of sp³-hybridized carbons (Fsp3) is 0.355. The van der Waals surface area contributed by atoms with Crippen LogP contribution >= 0.6 is 0 Å². The third-order valence-electron chi connectivity index (χ3n) is 6.50. The molecule has 3 rings (SSSR count). The van der Waals surface area contributed by atoms with Gasteiger partial charge in [-0.15, -0.1) is 0 Å². The first-order chi connectivity index (χ1) is 18.9. The van der Waals surface area contributed by atoms with Gasteiger partial charge in [-0.2, -0.15) is 0 Å². The molecule has 214 valence electrons. The minimum atomic E-state index is -3.83. The summed E-state index contributed by atoms with van der Waals surface area (Å²) in [5.41, 5.74) is 3.66. The number of aryl methyl sites for hydroxylation is 2. The second kappa shape index (κ2) is 13.5. The van der Waals surface area contributed by atoms with E-state index in [1.54, 1.807) is 32.2 Å². The molecule has 2 amide bonds. The summed E-state index contributed by atoms with van der Waals surface area (Å²) in [4.78, 5) is 29.2. The summed E-state index contributed by atoms with van der Waals surface area (Å²) in [5, 5.41) is 2.95. The third kappa shape index (κ3) is 8.32. The van der Waals surface area contributed by atoms with Crippen LogP contribution in [0.4, 0.5) is 5.69 Å². The van der Waals surface area contributed by atoms with E-state index in [0.29, 0.717) is 11.4 Å². The largest absolute Gasteiger partial charge is 0.497 e. The van der Waals surface area contributed by atoms with Crippen LogP contribution in [0.25, 0.3) is 0 Å². The molecule has 0 aliphatic carbocycles. The van der Waals surface area contributed by atoms with E-state index in [2.05, 4.69) is 5.32 Å². The molecule has 0 bridgehead atoms. The van der Waals surface area contributed by atoms with Crippen LogP contribution in [-0.4, -0.2) is 57.1 Å². The van der Waals surface area contributed by atoms with Crippen LogP contribution < -0.4 is 14.4 Å². The maximum atomic E-state index is 14.2. The predicted molar refractivity (Wildman–Crippen MR) is 159 cm³/mol. The predicted octanol–water partition coefficient (Wildman–Crippen LogP) is 4.24. The Morgan fingerprint density at radius 3 is 2.23 bits per heavy atom. The Labute approximate surface area is 238 Å². The van der Waals surface area contributed by atoms with E-state index in [1.807, 2.05) is 75.4 Å². The van der Waals surface area contributed by atoms with Gasteiger partial charge >= 0.3 is 0 Å². The molecule has 1 atom stereocenters. The quantitative estimate of drug-likeness (QED) is 0.354. The third-order valence-corrected chi connectivity index (χ3v) is 7.63. The topological polar surface area (TPSA) is 96.0 Å². The molecule has 8 nitrogen and oxygen atoms in total. The molecule has 1 N–H and O–H groups in total. The van der Waals surface area contributed by atoms with E-state index in [9.17, 15) is 18.0 Å². The SMILES string of the molecule is COc1cccc(CN(C(=O)CN(c2cc(C)ccc2C)S(C)(=O)=O)[C@@H](Cc2ccccc2)C(=O)NC(C)C)c1. The smallest absolute Gasteiger partial charge is 0.244 e. The number of hydrogen-bond donors (Lipinski definition) is 1. The highest BCUT2D eigenvalue weighted by Crippen LogP contribution is 2.25. The summed E-state index contributed by atoms with van der Waals surface area (Å²) in [6, 6.07) is 21.2. The average Bonchev–Trinajstić information content (AvgIpc) is 2.90. The summed E-state index contributed by atoms with van der Waals surface area (Å²) < 4.78 is 32.5. The fourth-order valence-electron chi connectivity index (χ4n) is 4.49. The lowest BCUT2D eigenvalue weighted by Crippen LogP contribution is -2.54. The number of nitrogens with one attached hydrogen (secondary N) is 1. The van der Waals surface area contributed by atoms with Gasteiger partial charge < -0.3 is 15.0 Å². The second-order valence-electron chi connectivity index (χ2n) is 10.3. The van der Waals surface area contributed by atoms with E-state index >= 15 is 0 Å². The standard InChI is InChI=1S/C31H39N3O5S/c1-22(2)32-31(36)29(19-25-11-8-7-9-12-25)33(20-26-13-10-14-27(18-26)39-5)30(35)21-34(40(6,37)38)28-17-23(3)15-16-24(28)4/h7-18,22,29H,19-21H2,1-6H3,(H,32,36)/t29-/m0/s1. The van der Waals surface area contributed by atoms with Crippen LogP contribution in [0.2, 0.25) is 0 Å². The van der Waals surface area contributed by atoms with Gasteiger partial charge in [0.05, 0.1) is 19.1 Å². The number of amides is 2. The average molecular weight is 566 g/mol. The number of sulfonamides is 1. The molecule has 0 radical (unpaired) electrons. The van der Waals surface area contributed by atoms with Crippen LogP contribution in [0.3, 0.4) is 0 Å². The molecule has 0 heterocycles. The van der Waals surface area contributed by atoms with E-state index in [4.69, 9.17) is 4.74 Å². The van der Waals surface area contributed by atoms with Gasteiger partial charge in [-0.3, -0.25) is 13.9 Å². The van der Waals surface area contributed by atoms with Crippen LogP contribution in [0.5, 0.6) is 5.75 Å². The molecule has 0 spiro atoms. The van der Waals surface area contributed by atoms with Crippen molar-refractivity contribution in [1.82, 2.24) is 10.2 Å². The molecule has 0 aromatic heterocycles. The van der Waals surface area contributed by atoms with Crippen LogP contribution in [-0.2, 0) is 32.6 Å². The number of hydrogen-bond acceptors (Lipinski definition) is 5. The zero-order valence-corrected chi connectivity index (χ0v) is 24.9. The molecule has 0 unspecified atom stereocenters. The molecule has 3 aromatic rings. The minimum absolute atomic E-state index is 0.0868. The maximum absolute atomic E-state index is 14.2. The Balaban J connectivity index is 2.09. The normalized spacial score (nSPS) is 12.1. The van der Waals surface area contributed by atoms with Crippen LogP contribution in [0, 0.1) is 13.8 Å². The molecule has 0 fully saturated rings. The lowest BCUT2D eigenvalue weighted by molar-refractivity contribution is -0.140. The minimum Gasteiger partial charge on any atom is -0.497 e. The number of rotatable bonds is 12. The van der Waals surface area contributed by atoms with Gasteiger partial charge in [0.15, 0.2) is 0 Å². The zero-order chi connectivity index (χ0) is 29.4. The van der Waals surface area contributed by atoms with Crippen molar-refractivity contribution in [3.63, 3.8) is 0 Å². The van der Waals surface area contributed by atoms with Gasteiger partial charge in [-0.1, -0.05) is 54.6 Å². The van der Waals surface area contributed by atoms with Crippen molar-refractivity contribution in [3.05, 3.63) is 95.1 Å². The summed E-state index contributed by atoms with van der Waals surface area (Å²) in [6.45, 7) is 7.03. The molecule has 3 aromatic carbocycles. The first-order valence-corrected chi connectivity index (χ1v) is 15.1.